The lowest BCUT2D eigenvalue weighted by Gasteiger charge is -2.30. The van der Waals surface area contributed by atoms with Crippen molar-refractivity contribution in [3.8, 4) is 17.0 Å². The number of hydrogen-bond donors (Lipinski definition) is 1. The first-order chi connectivity index (χ1) is 18.0. The van der Waals surface area contributed by atoms with E-state index >= 15 is 0 Å². The van der Waals surface area contributed by atoms with Crippen LogP contribution in [0.25, 0.3) is 22.2 Å². The maximum Gasteiger partial charge on any atom is 0.335 e. The molecular weight excluding hydrogens is 462 g/mol. The highest BCUT2D eigenvalue weighted by Crippen LogP contribution is 2.52. The Kier molecular flexibility index (Phi) is 6.49. The van der Waals surface area contributed by atoms with E-state index in [1.54, 1.807) is 13.2 Å². The van der Waals surface area contributed by atoms with Gasteiger partial charge in [0.15, 0.2) is 0 Å². The van der Waals surface area contributed by atoms with Gasteiger partial charge in [0.05, 0.1) is 18.4 Å². The van der Waals surface area contributed by atoms with Gasteiger partial charge in [-0.25, -0.2) is 4.79 Å². The molecule has 1 N–H and O–H groups in total. The van der Waals surface area contributed by atoms with Crippen LogP contribution in [0.3, 0.4) is 0 Å². The molecule has 2 aliphatic heterocycles. The van der Waals surface area contributed by atoms with Gasteiger partial charge in [0.1, 0.15) is 5.75 Å². The Balaban J connectivity index is 1.60. The van der Waals surface area contributed by atoms with E-state index in [1.165, 1.54) is 59.9 Å². The zero-order valence-corrected chi connectivity index (χ0v) is 22.4. The van der Waals surface area contributed by atoms with Gasteiger partial charge in [-0.3, -0.25) is 4.90 Å². The molecule has 3 aromatic rings. The van der Waals surface area contributed by atoms with Crippen molar-refractivity contribution in [3.05, 3.63) is 53.1 Å². The summed E-state index contributed by atoms with van der Waals surface area (Å²) in [6.45, 7) is 4.08. The Hall–Kier alpha value is -2.83. The molecule has 1 saturated heterocycles. The third-order valence-electron chi connectivity index (χ3n) is 9.08. The molecule has 0 unspecified atom stereocenters. The van der Waals surface area contributed by atoms with Crippen molar-refractivity contribution < 1.29 is 14.6 Å². The number of aromatic carboxylic acids is 1. The molecule has 1 aromatic heterocycles. The van der Waals surface area contributed by atoms with Crippen molar-refractivity contribution >= 4 is 16.9 Å². The van der Waals surface area contributed by atoms with Gasteiger partial charge >= 0.3 is 5.97 Å². The molecule has 2 fully saturated rings. The summed E-state index contributed by atoms with van der Waals surface area (Å²) in [5.41, 5.74) is 6.90. The molecule has 2 atom stereocenters. The summed E-state index contributed by atoms with van der Waals surface area (Å²) >= 11 is 0. The van der Waals surface area contributed by atoms with E-state index in [9.17, 15) is 9.90 Å². The summed E-state index contributed by atoms with van der Waals surface area (Å²) in [6.07, 6.45) is 7.41. The average Bonchev–Trinajstić information content (AvgIpc) is 3.42. The Labute approximate surface area is 219 Å². The Morgan fingerprint density at radius 1 is 1.08 bits per heavy atom. The van der Waals surface area contributed by atoms with Crippen LogP contribution >= 0.6 is 0 Å². The number of benzene rings is 2. The molecular formula is C31H39N3O3. The van der Waals surface area contributed by atoms with E-state index in [2.05, 4.69) is 52.7 Å². The minimum absolute atomic E-state index is 0.335. The molecule has 6 nitrogen and oxygen atoms in total. The Morgan fingerprint density at radius 2 is 1.89 bits per heavy atom. The second-order valence-electron chi connectivity index (χ2n) is 11.5. The summed E-state index contributed by atoms with van der Waals surface area (Å²) in [5, 5.41) is 11.1. The van der Waals surface area contributed by atoms with Gasteiger partial charge in [-0.1, -0.05) is 25.3 Å². The lowest BCUT2D eigenvalue weighted by Crippen LogP contribution is -2.33. The van der Waals surface area contributed by atoms with Crippen LogP contribution in [0.1, 0.15) is 72.0 Å². The first-order valence-electron chi connectivity index (χ1n) is 13.9. The summed E-state index contributed by atoms with van der Waals surface area (Å²) in [7, 11) is 6.05. The van der Waals surface area contributed by atoms with Crippen LogP contribution in [0, 0.1) is 5.92 Å². The van der Waals surface area contributed by atoms with Gasteiger partial charge in [-0.05, 0) is 93.2 Å². The van der Waals surface area contributed by atoms with Crippen LogP contribution in [0.15, 0.2) is 36.4 Å². The maximum absolute atomic E-state index is 12.0. The van der Waals surface area contributed by atoms with Crippen LogP contribution in [0.2, 0.25) is 0 Å². The summed E-state index contributed by atoms with van der Waals surface area (Å²) in [6, 6.07) is 12.8. The van der Waals surface area contributed by atoms with Crippen molar-refractivity contribution in [2.24, 2.45) is 5.92 Å². The van der Waals surface area contributed by atoms with E-state index in [0.29, 0.717) is 23.4 Å². The molecule has 6 heteroatoms. The number of hydrogen-bond acceptors (Lipinski definition) is 4. The van der Waals surface area contributed by atoms with Crippen LogP contribution in [0.4, 0.5) is 0 Å². The molecule has 0 radical (unpaired) electrons. The van der Waals surface area contributed by atoms with Gasteiger partial charge in [0, 0.05) is 42.1 Å². The van der Waals surface area contributed by atoms with Gasteiger partial charge in [-0.2, -0.15) is 0 Å². The lowest BCUT2D eigenvalue weighted by atomic mass is 9.81. The average molecular weight is 502 g/mol. The number of aromatic nitrogens is 1. The third kappa shape index (κ3) is 4.24. The molecule has 2 aromatic carbocycles. The van der Waals surface area contributed by atoms with Crippen molar-refractivity contribution in [3.63, 3.8) is 0 Å². The van der Waals surface area contributed by atoms with E-state index in [4.69, 9.17) is 4.74 Å². The standard InChI is InChI=1S/C31H39N3O3/c1-32(2)15-16-33-14-13-22-19-34-27-17-21(31(35)36)9-11-25(27)28(20-7-5-4-6-8-20)30(34)24-12-10-23(37-3)18-26(24)29(22)33/h9-12,17-18,20,22,29H,4-8,13-16,19H2,1-3H3,(H,35,36)/t22-,29-/m0/s1. The van der Waals surface area contributed by atoms with Crippen molar-refractivity contribution in [2.45, 2.75) is 57.0 Å². The second-order valence-corrected chi connectivity index (χ2v) is 11.5. The number of carboxylic acids is 1. The van der Waals surface area contributed by atoms with Crippen molar-refractivity contribution in [2.75, 3.05) is 40.8 Å². The highest BCUT2D eigenvalue weighted by molar-refractivity contribution is 5.98. The molecule has 6 rings (SSSR count). The fraction of sp³-hybridized carbons (Fsp3) is 0.516. The largest absolute Gasteiger partial charge is 0.497 e. The second kappa shape index (κ2) is 9.80. The van der Waals surface area contributed by atoms with Gasteiger partial charge in [0.2, 0.25) is 0 Å². The molecule has 3 aliphatic rings. The smallest absolute Gasteiger partial charge is 0.335 e. The van der Waals surface area contributed by atoms with E-state index in [0.717, 1.165) is 43.9 Å². The van der Waals surface area contributed by atoms with Crippen LogP contribution in [0.5, 0.6) is 5.75 Å². The van der Waals surface area contributed by atoms with Crippen LogP contribution < -0.4 is 4.74 Å². The number of carboxylic acid groups (broad SMARTS) is 1. The van der Waals surface area contributed by atoms with Crippen LogP contribution in [-0.4, -0.2) is 66.3 Å². The Morgan fingerprint density at radius 3 is 2.62 bits per heavy atom. The number of rotatable bonds is 6. The predicted molar refractivity (Wildman–Crippen MR) is 148 cm³/mol. The topological polar surface area (TPSA) is 57.9 Å². The first-order valence-corrected chi connectivity index (χ1v) is 13.9. The van der Waals surface area contributed by atoms with Gasteiger partial charge in [0.25, 0.3) is 0 Å². The summed E-state index contributed by atoms with van der Waals surface area (Å²) < 4.78 is 8.24. The molecule has 0 amide bonds. The van der Waals surface area contributed by atoms with Crippen molar-refractivity contribution in [1.82, 2.24) is 14.4 Å². The monoisotopic (exact) mass is 501 g/mol. The summed E-state index contributed by atoms with van der Waals surface area (Å²) in [5.74, 6) is 1.04. The first kappa shape index (κ1) is 24.5. The molecule has 1 aliphatic carbocycles. The Bertz CT molecular complexity index is 1320. The SMILES string of the molecule is COc1ccc2c(c1)[C@@H]1[C@@H](CCN1CCN(C)C)Cn1c-2c(C2CCCCC2)c2ccc(C(=O)O)cc21. The van der Waals surface area contributed by atoms with Crippen LogP contribution in [-0.2, 0) is 6.54 Å². The number of likely N-dealkylation sites (N-methyl/N-ethyl adjacent to an activating group) is 1. The number of ether oxygens (including phenoxy) is 1. The molecule has 0 spiro atoms. The molecule has 0 bridgehead atoms. The number of fused-ring (bicyclic) bond motifs is 7. The number of nitrogens with zero attached hydrogens (tertiary/aromatic N) is 3. The van der Waals surface area contributed by atoms with Gasteiger partial charge in [-0.15, -0.1) is 0 Å². The number of methoxy groups -OCH3 is 1. The van der Waals surface area contributed by atoms with E-state index in [-0.39, 0.29) is 0 Å². The predicted octanol–water partition coefficient (Wildman–Crippen LogP) is 6.00. The fourth-order valence-corrected chi connectivity index (χ4v) is 7.30. The highest BCUT2D eigenvalue weighted by Gasteiger charge is 2.41. The maximum atomic E-state index is 12.0. The van der Waals surface area contributed by atoms with E-state index < -0.39 is 5.97 Å². The zero-order valence-electron chi connectivity index (χ0n) is 22.4. The highest BCUT2D eigenvalue weighted by atomic mass is 16.5. The number of carbonyl (C=O) groups is 1. The lowest BCUT2D eigenvalue weighted by molar-refractivity contribution is 0.0697. The molecule has 196 valence electrons. The minimum atomic E-state index is -0.857. The molecule has 37 heavy (non-hydrogen) atoms. The zero-order chi connectivity index (χ0) is 25.7. The summed E-state index contributed by atoms with van der Waals surface area (Å²) in [4.78, 5) is 16.9. The quantitative estimate of drug-likeness (QED) is 0.449. The van der Waals surface area contributed by atoms with Crippen molar-refractivity contribution in [1.29, 1.82) is 0 Å². The minimum Gasteiger partial charge on any atom is -0.497 e. The molecule has 1 saturated carbocycles. The number of likely N-dealkylation sites (tertiary alicyclic amines) is 1. The fourth-order valence-electron chi connectivity index (χ4n) is 7.30. The van der Waals surface area contributed by atoms with E-state index in [1.807, 2.05) is 6.07 Å². The normalized spacial score (nSPS) is 22.1. The molecule has 3 heterocycles. The third-order valence-corrected chi connectivity index (χ3v) is 9.08. The van der Waals surface area contributed by atoms with Gasteiger partial charge < -0.3 is 19.3 Å².